The van der Waals surface area contributed by atoms with Gasteiger partial charge in [0.2, 0.25) is 0 Å². The van der Waals surface area contributed by atoms with Crippen LogP contribution in [0.4, 0.5) is 0 Å². The van der Waals surface area contributed by atoms with Gasteiger partial charge >= 0.3 is 0 Å². The molecule has 0 aliphatic rings. The third-order valence-electron chi connectivity index (χ3n) is 2.73. The summed E-state index contributed by atoms with van der Waals surface area (Å²) in [6.07, 6.45) is 0. The lowest BCUT2D eigenvalue weighted by Gasteiger charge is -2.12. The first-order valence-corrected chi connectivity index (χ1v) is 7.25. The molecule has 0 radical (unpaired) electrons. The molecule has 0 saturated heterocycles. The molecule has 1 N–H and O–H groups in total. The van der Waals surface area contributed by atoms with Crippen LogP contribution >= 0.6 is 0 Å². The first-order valence-electron chi connectivity index (χ1n) is 7.25. The Morgan fingerprint density at radius 2 is 2.00 bits per heavy atom. The second-order valence-corrected chi connectivity index (χ2v) is 5.06. The Morgan fingerprint density at radius 1 is 1.20 bits per heavy atom. The normalized spacial score (nSPS) is 10.8. The molecule has 0 aliphatic carbocycles. The van der Waals surface area contributed by atoms with E-state index < -0.39 is 0 Å². The molecule has 0 aliphatic heterocycles. The maximum absolute atomic E-state index is 5.52. The minimum Gasteiger partial charge on any atom is -0.493 e. The van der Waals surface area contributed by atoms with Crippen molar-refractivity contribution in [3.8, 4) is 11.5 Å². The van der Waals surface area contributed by atoms with Crippen molar-refractivity contribution in [2.24, 2.45) is 5.92 Å². The molecule has 1 aromatic rings. The minimum atomic E-state index is 0.588. The maximum atomic E-state index is 5.52. The Balaban J connectivity index is 2.33. The topological polar surface area (TPSA) is 39.7 Å². The van der Waals surface area contributed by atoms with Gasteiger partial charge in [-0.15, -0.1) is 0 Å². The summed E-state index contributed by atoms with van der Waals surface area (Å²) >= 11 is 0. The lowest BCUT2D eigenvalue weighted by molar-refractivity contribution is 0.111. The molecule has 4 heteroatoms. The van der Waals surface area contributed by atoms with Crippen molar-refractivity contribution in [3.05, 3.63) is 23.8 Å². The molecule has 0 bridgehead atoms. The second kappa shape index (κ2) is 9.61. The van der Waals surface area contributed by atoms with E-state index in [0.717, 1.165) is 37.8 Å². The Morgan fingerprint density at radius 3 is 2.65 bits per heavy atom. The molecule has 0 fully saturated rings. The third kappa shape index (κ3) is 6.26. The molecule has 1 aromatic carbocycles. The van der Waals surface area contributed by atoms with Gasteiger partial charge < -0.3 is 19.5 Å². The van der Waals surface area contributed by atoms with Crippen LogP contribution in [0.15, 0.2) is 18.2 Å². The summed E-state index contributed by atoms with van der Waals surface area (Å²) in [5, 5.41) is 3.36. The zero-order chi connectivity index (χ0) is 14.8. The third-order valence-corrected chi connectivity index (χ3v) is 2.73. The summed E-state index contributed by atoms with van der Waals surface area (Å²) in [7, 11) is 1.66. The monoisotopic (exact) mass is 281 g/mol. The molecule has 0 heterocycles. The van der Waals surface area contributed by atoms with Crippen molar-refractivity contribution in [3.63, 3.8) is 0 Å². The van der Waals surface area contributed by atoms with E-state index in [1.165, 1.54) is 5.56 Å². The van der Waals surface area contributed by atoms with E-state index in [4.69, 9.17) is 14.2 Å². The van der Waals surface area contributed by atoms with Crippen LogP contribution in [0.25, 0.3) is 0 Å². The summed E-state index contributed by atoms with van der Waals surface area (Å²) in [6.45, 7) is 10.1. The van der Waals surface area contributed by atoms with E-state index in [2.05, 4.69) is 25.2 Å². The number of hydrogen-bond acceptors (Lipinski definition) is 4. The quantitative estimate of drug-likeness (QED) is 0.669. The molecule has 0 unspecified atom stereocenters. The van der Waals surface area contributed by atoms with Crippen LogP contribution in [0.2, 0.25) is 0 Å². The van der Waals surface area contributed by atoms with E-state index in [1.807, 2.05) is 19.1 Å². The Kier molecular flexibility index (Phi) is 8.07. The highest BCUT2D eigenvalue weighted by Gasteiger charge is 2.04. The van der Waals surface area contributed by atoms with Crippen LogP contribution in [0.1, 0.15) is 26.3 Å². The van der Waals surface area contributed by atoms with Crippen LogP contribution < -0.4 is 14.8 Å². The number of methoxy groups -OCH3 is 1. The molecule has 0 saturated carbocycles. The molecule has 0 spiro atoms. The molecule has 0 amide bonds. The molecular formula is C16H27NO3. The lowest BCUT2D eigenvalue weighted by atomic mass is 10.2. The van der Waals surface area contributed by atoms with Crippen molar-refractivity contribution in [1.29, 1.82) is 0 Å². The van der Waals surface area contributed by atoms with Gasteiger partial charge in [-0.05, 0) is 30.5 Å². The van der Waals surface area contributed by atoms with Gasteiger partial charge in [0.1, 0.15) is 0 Å². The molecule has 114 valence electrons. The zero-order valence-electron chi connectivity index (χ0n) is 13.1. The van der Waals surface area contributed by atoms with Crippen LogP contribution in [0, 0.1) is 5.92 Å². The molecule has 0 aromatic heterocycles. The molecule has 20 heavy (non-hydrogen) atoms. The van der Waals surface area contributed by atoms with E-state index in [1.54, 1.807) is 7.11 Å². The summed E-state index contributed by atoms with van der Waals surface area (Å²) in [4.78, 5) is 0. The van der Waals surface area contributed by atoms with Crippen molar-refractivity contribution in [1.82, 2.24) is 5.32 Å². The first kappa shape index (κ1) is 16.8. The SMILES string of the molecule is CCOc1ccc(CNCCOCC(C)C)cc1OC. The smallest absolute Gasteiger partial charge is 0.161 e. The molecule has 0 atom stereocenters. The van der Waals surface area contributed by atoms with Crippen molar-refractivity contribution < 1.29 is 14.2 Å². The van der Waals surface area contributed by atoms with E-state index in [0.29, 0.717) is 12.5 Å². The Hall–Kier alpha value is -1.26. The summed E-state index contributed by atoms with van der Waals surface area (Å²) in [5.41, 5.74) is 1.18. The fourth-order valence-electron chi connectivity index (χ4n) is 1.79. The fraction of sp³-hybridized carbons (Fsp3) is 0.625. The fourth-order valence-corrected chi connectivity index (χ4v) is 1.79. The minimum absolute atomic E-state index is 0.588. The predicted octanol–water partition coefficient (Wildman–Crippen LogP) is 2.86. The second-order valence-electron chi connectivity index (χ2n) is 5.06. The average Bonchev–Trinajstić information content (AvgIpc) is 2.44. The first-order chi connectivity index (χ1) is 9.67. The number of hydrogen-bond donors (Lipinski definition) is 1. The molecule has 4 nitrogen and oxygen atoms in total. The van der Waals surface area contributed by atoms with E-state index >= 15 is 0 Å². The van der Waals surface area contributed by atoms with Crippen molar-refractivity contribution in [2.45, 2.75) is 27.3 Å². The highest BCUT2D eigenvalue weighted by Crippen LogP contribution is 2.27. The van der Waals surface area contributed by atoms with Crippen LogP contribution in [0.5, 0.6) is 11.5 Å². The van der Waals surface area contributed by atoms with Crippen LogP contribution in [-0.2, 0) is 11.3 Å². The highest BCUT2D eigenvalue weighted by atomic mass is 16.5. The van der Waals surface area contributed by atoms with Gasteiger partial charge in [0, 0.05) is 19.7 Å². The Bertz CT molecular complexity index is 380. The number of rotatable bonds is 10. The summed E-state index contributed by atoms with van der Waals surface area (Å²) in [6, 6.07) is 6.01. The highest BCUT2D eigenvalue weighted by molar-refractivity contribution is 5.42. The van der Waals surface area contributed by atoms with Gasteiger partial charge in [-0.1, -0.05) is 19.9 Å². The number of benzene rings is 1. The number of nitrogens with one attached hydrogen (secondary N) is 1. The maximum Gasteiger partial charge on any atom is 0.161 e. The van der Waals surface area contributed by atoms with Gasteiger partial charge in [-0.3, -0.25) is 0 Å². The van der Waals surface area contributed by atoms with Gasteiger partial charge in [0.05, 0.1) is 20.3 Å². The number of ether oxygens (including phenoxy) is 3. The predicted molar refractivity (Wildman–Crippen MR) is 81.5 cm³/mol. The van der Waals surface area contributed by atoms with Gasteiger partial charge in [-0.2, -0.15) is 0 Å². The van der Waals surface area contributed by atoms with E-state index in [-0.39, 0.29) is 0 Å². The standard InChI is InChI=1S/C16H27NO3/c1-5-20-15-7-6-14(10-16(15)18-4)11-17-8-9-19-12-13(2)3/h6-7,10,13,17H,5,8-9,11-12H2,1-4H3. The molecular weight excluding hydrogens is 254 g/mol. The lowest BCUT2D eigenvalue weighted by Crippen LogP contribution is -2.20. The van der Waals surface area contributed by atoms with Gasteiger partial charge in [-0.25, -0.2) is 0 Å². The van der Waals surface area contributed by atoms with Crippen LogP contribution in [0.3, 0.4) is 0 Å². The van der Waals surface area contributed by atoms with Crippen LogP contribution in [-0.4, -0.2) is 33.5 Å². The summed E-state index contributed by atoms with van der Waals surface area (Å²) in [5.74, 6) is 2.16. The van der Waals surface area contributed by atoms with Crippen molar-refractivity contribution in [2.75, 3.05) is 33.5 Å². The van der Waals surface area contributed by atoms with E-state index in [9.17, 15) is 0 Å². The summed E-state index contributed by atoms with van der Waals surface area (Å²) < 4.78 is 16.4. The largest absolute Gasteiger partial charge is 0.493 e. The zero-order valence-corrected chi connectivity index (χ0v) is 13.1. The van der Waals surface area contributed by atoms with Gasteiger partial charge in [0.15, 0.2) is 11.5 Å². The van der Waals surface area contributed by atoms with Gasteiger partial charge in [0.25, 0.3) is 0 Å². The average molecular weight is 281 g/mol. The molecule has 1 rings (SSSR count). The van der Waals surface area contributed by atoms with Crippen molar-refractivity contribution >= 4 is 0 Å². The Labute approximate surface area is 122 Å².